The zero-order valence-corrected chi connectivity index (χ0v) is 13.1. The fraction of sp³-hybridized carbons (Fsp3) is 0.188. The Kier molecular flexibility index (Phi) is 5.48. The molecule has 2 rings (SSSR count). The van der Waals surface area contributed by atoms with E-state index in [1.165, 1.54) is 5.56 Å². The van der Waals surface area contributed by atoms with Crippen molar-refractivity contribution >= 4 is 34.8 Å². The minimum Gasteiger partial charge on any atom is -0.295 e. The molecule has 0 saturated heterocycles. The molecule has 0 bridgehead atoms. The highest BCUT2D eigenvalue weighted by Gasteiger charge is 2.08. The Morgan fingerprint density at radius 2 is 1.67 bits per heavy atom. The molecule has 5 heteroatoms. The number of para-hydroxylation sites is 1. The summed E-state index contributed by atoms with van der Waals surface area (Å²) >= 11 is 12.0. The van der Waals surface area contributed by atoms with Gasteiger partial charge in [-0.2, -0.15) is 0 Å². The minimum atomic E-state index is -0.242. The molecule has 0 saturated carbocycles. The van der Waals surface area contributed by atoms with Crippen LogP contribution in [0.2, 0.25) is 10.0 Å². The van der Waals surface area contributed by atoms with Crippen molar-refractivity contribution in [2.75, 3.05) is 5.43 Å². The number of anilines is 1. The Balaban J connectivity index is 2.01. The Morgan fingerprint density at radius 1 is 1.05 bits per heavy atom. The molecule has 2 aromatic carbocycles. The van der Waals surface area contributed by atoms with E-state index in [9.17, 15) is 4.79 Å². The standard InChI is InChI=1S/C16H16Cl2N2O/c1-2-4-11-7-9-12(10-8-11)16(21)20-19-15-13(17)5-3-6-14(15)18/h3,5-10,19H,2,4H2,1H3,(H,20,21). The Hall–Kier alpha value is -1.71. The van der Waals surface area contributed by atoms with Crippen LogP contribution in [0, 0.1) is 0 Å². The van der Waals surface area contributed by atoms with Crippen LogP contribution < -0.4 is 10.9 Å². The molecule has 0 atom stereocenters. The molecule has 0 heterocycles. The molecule has 1 amide bonds. The first-order valence-electron chi connectivity index (χ1n) is 6.71. The van der Waals surface area contributed by atoms with Crippen LogP contribution in [-0.2, 0) is 6.42 Å². The van der Waals surface area contributed by atoms with Gasteiger partial charge in [-0.15, -0.1) is 0 Å². The third-order valence-corrected chi connectivity index (χ3v) is 3.65. The number of hydrogen-bond acceptors (Lipinski definition) is 2. The number of carbonyl (C=O) groups excluding carboxylic acids is 1. The number of carbonyl (C=O) groups is 1. The first-order chi connectivity index (χ1) is 10.1. The van der Waals surface area contributed by atoms with Crippen LogP contribution in [0.15, 0.2) is 42.5 Å². The summed E-state index contributed by atoms with van der Waals surface area (Å²) in [6, 6.07) is 12.7. The first-order valence-corrected chi connectivity index (χ1v) is 7.46. The van der Waals surface area contributed by atoms with Crippen molar-refractivity contribution in [1.82, 2.24) is 5.43 Å². The Labute approximate surface area is 134 Å². The summed E-state index contributed by atoms with van der Waals surface area (Å²) in [5.74, 6) is -0.242. The number of nitrogens with one attached hydrogen (secondary N) is 2. The second-order valence-corrected chi connectivity index (χ2v) is 5.44. The van der Waals surface area contributed by atoms with E-state index in [4.69, 9.17) is 23.2 Å². The lowest BCUT2D eigenvalue weighted by Crippen LogP contribution is -2.29. The van der Waals surface area contributed by atoms with Crippen molar-refractivity contribution in [2.24, 2.45) is 0 Å². The van der Waals surface area contributed by atoms with Gasteiger partial charge < -0.3 is 0 Å². The molecule has 110 valence electrons. The van der Waals surface area contributed by atoms with Gasteiger partial charge in [0.2, 0.25) is 0 Å². The maximum atomic E-state index is 12.0. The van der Waals surface area contributed by atoms with Crippen LogP contribution in [-0.4, -0.2) is 5.91 Å². The van der Waals surface area contributed by atoms with Crippen molar-refractivity contribution in [3.05, 3.63) is 63.6 Å². The molecule has 0 aliphatic rings. The Morgan fingerprint density at radius 3 is 2.24 bits per heavy atom. The molecule has 0 radical (unpaired) electrons. The lowest BCUT2D eigenvalue weighted by molar-refractivity contribution is 0.0962. The lowest BCUT2D eigenvalue weighted by atomic mass is 10.1. The fourth-order valence-electron chi connectivity index (χ4n) is 1.92. The number of halogens is 2. The fourth-order valence-corrected chi connectivity index (χ4v) is 2.41. The largest absolute Gasteiger partial charge is 0.295 e. The van der Waals surface area contributed by atoms with E-state index in [0.717, 1.165) is 12.8 Å². The molecular formula is C16H16Cl2N2O. The van der Waals surface area contributed by atoms with E-state index in [2.05, 4.69) is 17.8 Å². The van der Waals surface area contributed by atoms with E-state index in [1.807, 2.05) is 12.1 Å². The summed E-state index contributed by atoms with van der Waals surface area (Å²) in [6.07, 6.45) is 2.09. The molecular weight excluding hydrogens is 307 g/mol. The molecule has 0 aliphatic heterocycles. The SMILES string of the molecule is CCCc1ccc(C(=O)NNc2c(Cl)cccc2Cl)cc1. The van der Waals surface area contributed by atoms with Gasteiger partial charge in [0, 0.05) is 5.56 Å². The van der Waals surface area contributed by atoms with Crippen LogP contribution in [0.25, 0.3) is 0 Å². The van der Waals surface area contributed by atoms with Crippen LogP contribution in [0.4, 0.5) is 5.69 Å². The van der Waals surface area contributed by atoms with E-state index < -0.39 is 0 Å². The molecule has 21 heavy (non-hydrogen) atoms. The quantitative estimate of drug-likeness (QED) is 0.783. The van der Waals surface area contributed by atoms with Crippen molar-refractivity contribution in [3.8, 4) is 0 Å². The highest BCUT2D eigenvalue weighted by Crippen LogP contribution is 2.28. The molecule has 2 aromatic rings. The van der Waals surface area contributed by atoms with Crippen molar-refractivity contribution in [2.45, 2.75) is 19.8 Å². The van der Waals surface area contributed by atoms with Crippen LogP contribution in [0.3, 0.4) is 0 Å². The molecule has 3 nitrogen and oxygen atoms in total. The van der Waals surface area contributed by atoms with Gasteiger partial charge in [0.15, 0.2) is 0 Å². The lowest BCUT2D eigenvalue weighted by Gasteiger charge is -2.11. The minimum absolute atomic E-state index is 0.242. The molecule has 0 aromatic heterocycles. The maximum Gasteiger partial charge on any atom is 0.269 e. The first kappa shape index (κ1) is 15.7. The number of rotatable bonds is 5. The van der Waals surface area contributed by atoms with Gasteiger partial charge in [0.1, 0.15) is 0 Å². The number of aryl methyl sites for hydroxylation is 1. The van der Waals surface area contributed by atoms with Gasteiger partial charge in [-0.25, -0.2) is 0 Å². The molecule has 0 spiro atoms. The Bertz CT molecular complexity index is 606. The summed E-state index contributed by atoms with van der Waals surface area (Å²) in [5, 5.41) is 0.891. The van der Waals surface area contributed by atoms with Gasteiger partial charge in [-0.3, -0.25) is 15.6 Å². The van der Waals surface area contributed by atoms with Gasteiger partial charge >= 0.3 is 0 Å². The average Bonchev–Trinajstić information content (AvgIpc) is 2.47. The highest BCUT2D eigenvalue weighted by atomic mass is 35.5. The zero-order chi connectivity index (χ0) is 15.2. The van der Waals surface area contributed by atoms with E-state index >= 15 is 0 Å². The van der Waals surface area contributed by atoms with Gasteiger partial charge in [-0.05, 0) is 36.2 Å². The summed E-state index contributed by atoms with van der Waals surface area (Å²) in [5.41, 5.74) is 7.62. The predicted molar refractivity (Wildman–Crippen MR) is 88.0 cm³/mol. The maximum absolute atomic E-state index is 12.0. The van der Waals surface area contributed by atoms with Crippen LogP contribution >= 0.6 is 23.2 Å². The second kappa shape index (κ2) is 7.34. The number of hydrogen-bond donors (Lipinski definition) is 2. The van der Waals surface area contributed by atoms with Gasteiger partial charge in [0.25, 0.3) is 5.91 Å². The van der Waals surface area contributed by atoms with E-state index in [-0.39, 0.29) is 5.91 Å². The van der Waals surface area contributed by atoms with Crippen LogP contribution in [0.5, 0.6) is 0 Å². The summed E-state index contributed by atoms with van der Waals surface area (Å²) < 4.78 is 0. The number of amides is 1. The summed E-state index contributed by atoms with van der Waals surface area (Å²) in [4.78, 5) is 12.0. The highest BCUT2D eigenvalue weighted by molar-refractivity contribution is 6.39. The molecule has 0 unspecified atom stereocenters. The normalized spacial score (nSPS) is 10.2. The molecule has 0 aliphatic carbocycles. The summed E-state index contributed by atoms with van der Waals surface area (Å²) in [6.45, 7) is 2.12. The second-order valence-electron chi connectivity index (χ2n) is 4.62. The van der Waals surface area contributed by atoms with Crippen LogP contribution in [0.1, 0.15) is 29.3 Å². The van der Waals surface area contributed by atoms with Crippen molar-refractivity contribution in [1.29, 1.82) is 0 Å². The van der Waals surface area contributed by atoms with Crippen molar-refractivity contribution in [3.63, 3.8) is 0 Å². The number of hydrazine groups is 1. The third-order valence-electron chi connectivity index (χ3n) is 3.02. The molecule has 2 N–H and O–H groups in total. The number of benzene rings is 2. The summed E-state index contributed by atoms with van der Waals surface area (Å²) in [7, 11) is 0. The monoisotopic (exact) mass is 322 g/mol. The smallest absolute Gasteiger partial charge is 0.269 e. The van der Waals surface area contributed by atoms with Gasteiger partial charge in [-0.1, -0.05) is 54.7 Å². The zero-order valence-electron chi connectivity index (χ0n) is 11.6. The van der Waals surface area contributed by atoms with Gasteiger partial charge in [0.05, 0.1) is 15.7 Å². The topological polar surface area (TPSA) is 41.1 Å². The third kappa shape index (κ3) is 4.13. The van der Waals surface area contributed by atoms with E-state index in [0.29, 0.717) is 21.3 Å². The van der Waals surface area contributed by atoms with Crippen molar-refractivity contribution < 1.29 is 4.79 Å². The average molecular weight is 323 g/mol. The predicted octanol–water partition coefficient (Wildman–Crippen LogP) is 4.70. The molecule has 0 fully saturated rings. The van der Waals surface area contributed by atoms with E-state index in [1.54, 1.807) is 30.3 Å².